The van der Waals surface area contributed by atoms with Crippen molar-refractivity contribution in [3.63, 3.8) is 0 Å². The maximum absolute atomic E-state index is 13.4. The predicted molar refractivity (Wildman–Crippen MR) is 153 cm³/mol. The molecule has 1 fully saturated rings. The summed E-state index contributed by atoms with van der Waals surface area (Å²) >= 11 is 0. The molecule has 9 heteroatoms. The van der Waals surface area contributed by atoms with Gasteiger partial charge in [0, 0.05) is 51.9 Å². The van der Waals surface area contributed by atoms with Gasteiger partial charge in [0.1, 0.15) is 5.52 Å². The SMILES string of the molecule is C[C@H](CC(=O)N1CCC(O)(Cn2cnc3c(-c4cccc(N(C)C)c4)n(C)nc3c2=O)CC1)c1ccccc1. The van der Waals surface area contributed by atoms with E-state index in [-0.39, 0.29) is 29.4 Å². The highest BCUT2D eigenvalue weighted by atomic mass is 16.3. The number of likely N-dealkylation sites (tertiary alicyclic amines) is 1. The van der Waals surface area contributed by atoms with E-state index in [4.69, 9.17) is 0 Å². The Morgan fingerprint density at radius 3 is 2.49 bits per heavy atom. The first-order chi connectivity index (χ1) is 18.6. The summed E-state index contributed by atoms with van der Waals surface area (Å²) in [5.41, 5.74) is 3.31. The van der Waals surface area contributed by atoms with Crippen molar-refractivity contribution < 1.29 is 9.90 Å². The van der Waals surface area contributed by atoms with E-state index in [1.165, 1.54) is 10.9 Å². The fourth-order valence-corrected chi connectivity index (χ4v) is 5.40. The smallest absolute Gasteiger partial charge is 0.281 e. The molecular weight excluding hydrogens is 492 g/mol. The molecule has 204 valence electrons. The molecular formula is C30H36N6O3. The summed E-state index contributed by atoms with van der Waals surface area (Å²) in [6.45, 7) is 3.08. The molecule has 4 aromatic rings. The molecule has 2 aromatic carbocycles. The third-order valence-corrected chi connectivity index (χ3v) is 7.81. The number of rotatable bonds is 7. The van der Waals surface area contributed by atoms with Crippen LogP contribution in [0, 0.1) is 0 Å². The highest BCUT2D eigenvalue weighted by molar-refractivity contribution is 5.90. The van der Waals surface area contributed by atoms with Gasteiger partial charge in [-0.2, -0.15) is 5.10 Å². The lowest BCUT2D eigenvalue weighted by Crippen LogP contribution is -2.49. The highest BCUT2D eigenvalue weighted by Gasteiger charge is 2.35. The zero-order valence-corrected chi connectivity index (χ0v) is 23.0. The second-order valence-corrected chi connectivity index (χ2v) is 10.9. The monoisotopic (exact) mass is 528 g/mol. The second-order valence-electron chi connectivity index (χ2n) is 10.9. The van der Waals surface area contributed by atoms with E-state index < -0.39 is 5.60 Å². The van der Waals surface area contributed by atoms with Crippen LogP contribution in [-0.4, -0.2) is 68.0 Å². The van der Waals surface area contributed by atoms with Gasteiger partial charge >= 0.3 is 0 Å². The molecule has 1 amide bonds. The molecule has 9 nitrogen and oxygen atoms in total. The van der Waals surface area contributed by atoms with Crippen LogP contribution >= 0.6 is 0 Å². The minimum atomic E-state index is -1.10. The Balaban J connectivity index is 1.29. The average Bonchev–Trinajstić information content (AvgIpc) is 3.27. The normalized spacial score (nSPS) is 15.9. The van der Waals surface area contributed by atoms with Crippen molar-refractivity contribution in [2.45, 2.75) is 44.2 Å². The number of benzene rings is 2. The first-order valence-corrected chi connectivity index (χ1v) is 13.4. The maximum atomic E-state index is 13.4. The van der Waals surface area contributed by atoms with Crippen molar-refractivity contribution in [3.8, 4) is 11.3 Å². The number of aliphatic hydroxyl groups is 1. The van der Waals surface area contributed by atoms with Crippen molar-refractivity contribution in [1.29, 1.82) is 0 Å². The fourth-order valence-electron chi connectivity index (χ4n) is 5.40. The topological polar surface area (TPSA) is 96.5 Å². The van der Waals surface area contributed by atoms with Crippen molar-refractivity contribution >= 4 is 22.6 Å². The lowest BCUT2D eigenvalue weighted by atomic mass is 9.90. The van der Waals surface area contributed by atoms with Gasteiger partial charge in [-0.25, -0.2) is 4.98 Å². The van der Waals surface area contributed by atoms with Gasteiger partial charge in [0.15, 0.2) is 5.52 Å². The van der Waals surface area contributed by atoms with E-state index in [1.54, 1.807) is 4.68 Å². The number of hydrogen-bond acceptors (Lipinski definition) is 6. The second kappa shape index (κ2) is 10.6. The van der Waals surface area contributed by atoms with Crippen LogP contribution in [0.3, 0.4) is 0 Å². The van der Waals surface area contributed by atoms with Crippen LogP contribution in [0.25, 0.3) is 22.3 Å². The van der Waals surface area contributed by atoms with Gasteiger partial charge in [-0.15, -0.1) is 0 Å². The summed E-state index contributed by atoms with van der Waals surface area (Å²) in [5, 5.41) is 15.8. The Morgan fingerprint density at radius 1 is 1.08 bits per heavy atom. The first-order valence-electron chi connectivity index (χ1n) is 13.4. The van der Waals surface area contributed by atoms with E-state index in [9.17, 15) is 14.7 Å². The molecule has 39 heavy (non-hydrogen) atoms. The summed E-state index contributed by atoms with van der Waals surface area (Å²) < 4.78 is 3.14. The molecule has 5 rings (SSSR count). The van der Waals surface area contributed by atoms with Gasteiger partial charge in [-0.3, -0.25) is 18.8 Å². The summed E-state index contributed by atoms with van der Waals surface area (Å²) in [6, 6.07) is 18.0. The van der Waals surface area contributed by atoms with E-state index in [0.29, 0.717) is 37.9 Å². The van der Waals surface area contributed by atoms with Gasteiger partial charge in [-0.1, -0.05) is 49.4 Å². The predicted octanol–water partition coefficient (Wildman–Crippen LogP) is 3.41. The Hall–Kier alpha value is -3.98. The van der Waals surface area contributed by atoms with Gasteiger partial charge in [0.2, 0.25) is 5.91 Å². The Kier molecular flexibility index (Phi) is 7.27. The molecule has 0 spiro atoms. The number of aromatic nitrogens is 4. The number of fused-ring (bicyclic) bond motifs is 1. The van der Waals surface area contributed by atoms with Crippen molar-refractivity contribution in [3.05, 3.63) is 76.8 Å². The number of piperidine rings is 1. The number of carbonyl (C=O) groups excluding carboxylic acids is 1. The van der Waals surface area contributed by atoms with Crippen LogP contribution in [0.15, 0.2) is 65.7 Å². The minimum absolute atomic E-state index is 0.0907. The highest BCUT2D eigenvalue weighted by Crippen LogP contribution is 2.29. The molecule has 1 saturated heterocycles. The van der Waals surface area contributed by atoms with Crippen LogP contribution in [-0.2, 0) is 18.4 Å². The summed E-state index contributed by atoms with van der Waals surface area (Å²) in [6.07, 6.45) is 2.73. The number of hydrogen-bond donors (Lipinski definition) is 1. The van der Waals surface area contributed by atoms with Crippen molar-refractivity contribution in [2.24, 2.45) is 7.05 Å². The van der Waals surface area contributed by atoms with Gasteiger partial charge in [-0.05, 0) is 36.5 Å². The number of carbonyl (C=O) groups is 1. The molecule has 0 unspecified atom stereocenters. The van der Waals surface area contributed by atoms with Gasteiger partial charge in [0.05, 0.1) is 24.2 Å². The minimum Gasteiger partial charge on any atom is -0.388 e. The lowest BCUT2D eigenvalue weighted by Gasteiger charge is -2.38. The molecule has 1 N–H and O–H groups in total. The number of nitrogens with zero attached hydrogens (tertiary/aromatic N) is 6. The third-order valence-electron chi connectivity index (χ3n) is 7.81. The van der Waals surface area contributed by atoms with E-state index in [0.717, 1.165) is 22.5 Å². The number of amides is 1. The standard InChI is InChI=1S/C30H36N6O3/c1-21(22-9-6-5-7-10-22)17-25(37)35-15-13-30(39,14-16-35)19-36-20-31-26-27(29(36)38)32-34(4)28(26)23-11-8-12-24(18-23)33(2)3/h5-12,18,20-21,39H,13-17,19H2,1-4H3/t21-/m1/s1. The molecule has 0 bridgehead atoms. The molecule has 1 atom stereocenters. The van der Waals surface area contributed by atoms with Crippen LogP contribution in [0.5, 0.6) is 0 Å². The molecule has 3 heterocycles. The Labute approximate surface area is 228 Å². The van der Waals surface area contributed by atoms with Crippen LogP contribution in [0.1, 0.15) is 37.7 Å². The molecule has 2 aromatic heterocycles. The van der Waals surface area contributed by atoms with Gasteiger partial charge in [0.25, 0.3) is 5.56 Å². The van der Waals surface area contributed by atoms with Gasteiger partial charge < -0.3 is 14.9 Å². The zero-order chi connectivity index (χ0) is 27.7. The molecule has 0 aliphatic carbocycles. The maximum Gasteiger partial charge on any atom is 0.281 e. The summed E-state index contributed by atoms with van der Waals surface area (Å²) in [5.74, 6) is 0.220. The van der Waals surface area contributed by atoms with Crippen molar-refractivity contribution in [1.82, 2.24) is 24.2 Å². The third kappa shape index (κ3) is 5.45. The fraction of sp³-hybridized carbons (Fsp3) is 0.400. The quantitative estimate of drug-likeness (QED) is 0.395. The molecule has 0 saturated carbocycles. The van der Waals surface area contributed by atoms with Crippen LogP contribution in [0.2, 0.25) is 0 Å². The van der Waals surface area contributed by atoms with E-state index in [1.807, 2.05) is 85.5 Å². The summed E-state index contributed by atoms with van der Waals surface area (Å²) in [4.78, 5) is 34.8. The lowest BCUT2D eigenvalue weighted by molar-refractivity contribution is -0.136. The first kappa shape index (κ1) is 26.6. The largest absolute Gasteiger partial charge is 0.388 e. The van der Waals surface area contributed by atoms with Crippen LogP contribution in [0.4, 0.5) is 5.69 Å². The Morgan fingerprint density at radius 2 is 1.79 bits per heavy atom. The zero-order valence-electron chi connectivity index (χ0n) is 23.0. The van der Waals surface area contributed by atoms with E-state index >= 15 is 0 Å². The Bertz CT molecular complexity index is 1530. The summed E-state index contributed by atoms with van der Waals surface area (Å²) in [7, 11) is 5.77. The number of anilines is 1. The van der Waals surface area contributed by atoms with Crippen LogP contribution < -0.4 is 10.5 Å². The van der Waals surface area contributed by atoms with E-state index in [2.05, 4.69) is 17.0 Å². The van der Waals surface area contributed by atoms with Crippen molar-refractivity contribution in [2.75, 3.05) is 32.1 Å². The average molecular weight is 529 g/mol. The molecule has 1 aliphatic rings. The molecule has 0 radical (unpaired) electrons. The molecule has 1 aliphatic heterocycles. The number of aryl methyl sites for hydroxylation is 1.